The normalized spacial score (nSPS) is 11.7. The number of carbonyl (C=O) groups is 1. The minimum absolute atomic E-state index is 0.0759. The van der Waals surface area contributed by atoms with E-state index in [9.17, 15) is 9.18 Å². The molecule has 1 aromatic carbocycles. The van der Waals surface area contributed by atoms with Gasteiger partial charge in [-0.15, -0.1) is 12.3 Å². The molecule has 1 unspecified atom stereocenters. The molecule has 96 valence electrons. The van der Waals surface area contributed by atoms with E-state index in [1.165, 1.54) is 12.1 Å². The number of rotatable bonds is 5. The number of halogens is 2. The molecule has 0 heterocycles. The second-order valence-corrected chi connectivity index (χ2v) is 4.37. The highest BCUT2D eigenvalue weighted by Gasteiger charge is 2.14. The fraction of sp³-hybridized carbons (Fsp3) is 0.357. The lowest BCUT2D eigenvalue weighted by Gasteiger charge is -2.14. The first-order valence-electron chi connectivity index (χ1n) is 5.74. The lowest BCUT2D eigenvalue weighted by Crippen LogP contribution is -2.35. The number of amides is 1. The Morgan fingerprint density at radius 2 is 2.33 bits per heavy atom. The molecule has 0 spiro atoms. The molecule has 2 nitrogen and oxygen atoms in total. The molecule has 18 heavy (non-hydrogen) atoms. The SMILES string of the molecule is C#CCC(CC)NC(=O)Cc1c(F)cccc1Cl. The van der Waals surface area contributed by atoms with E-state index in [4.69, 9.17) is 18.0 Å². The maximum Gasteiger partial charge on any atom is 0.224 e. The van der Waals surface area contributed by atoms with Crippen molar-refractivity contribution in [3.05, 3.63) is 34.6 Å². The standard InChI is InChI=1S/C14H15ClFNO/c1-3-6-10(4-2)17-14(18)9-11-12(15)7-5-8-13(11)16/h1,5,7-8,10H,4,6,9H2,2H3,(H,17,18). The zero-order valence-corrected chi connectivity index (χ0v) is 10.9. The molecule has 0 bridgehead atoms. The Labute approximate surface area is 112 Å². The van der Waals surface area contributed by atoms with Crippen molar-refractivity contribution in [2.45, 2.75) is 32.2 Å². The van der Waals surface area contributed by atoms with Gasteiger partial charge in [0, 0.05) is 23.0 Å². The van der Waals surface area contributed by atoms with Crippen molar-refractivity contribution < 1.29 is 9.18 Å². The minimum Gasteiger partial charge on any atom is -0.352 e. The molecule has 1 aromatic rings. The molecule has 0 aliphatic heterocycles. The molecule has 0 aromatic heterocycles. The second-order valence-electron chi connectivity index (χ2n) is 3.96. The van der Waals surface area contributed by atoms with Gasteiger partial charge in [0.25, 0.3) is 0 Å². The fourth-order valence-electron chi connectivity index (χ4n) is 1.58. The quantitative estimate of drug-likeness (QED) is 0.817. The van der Waals surface area contributed by atoms with E-state index in [-0.39, 0.29) is 29.0 Å². The van der Waals surface area contributed by atoms with Crippen LogP contribution >= 0.6 is 11.6 Å². The Hall–Kier alpha value is -1.53. The van der Waals surface area contributed by atoms with E-state index in [1.54, 1.807) is 6.07 Å². The lowest BCUT2D eigenvalue weighted by atomic mass is 10.1. The number of carbonyl (C=O) groups excluding carboxylic acids is 1. The zero-order chi connectivity index (χ0) is 13.5. The van der Waals surface area contributed by atoms with E-state index in [1.807, 2.05) is 6.92 Å². The summed E-state index contributed by atoms with van der Waals surface area (Å²) >= 11 is 5.85. The van der Waals surface area contributed by atoms with E-state index in [0.29, 0.717) is 6.42 Å². The van der Waals surface area contributed by atoms with Crippen LogP contribution in [0.5, 0.6) is 0 Å². The maximum absolute atomic E-state index is 13.5. The van der Waals surface area contributed by atoms with Crippen molar-refractivity contribution in [2.24, 2.45) is 0 Å². The van der Waals surface area contributed by atoms with E-state index < -0.39 is 5.82 Å². The molecule has 1 amide bonds. The third kappa shape index (κ3) is 4.05. The van der Waals surface area contributed by atoms with Crippen LogP contribution in [0.2, 0.25) is 5.02 Å². The number of hydrogen-bond acceptors (Lipinski definition) is 1. The van der Waals surface area contributed by atoms with Crippen molar-refractivity contribution in [3.63, 3.8) is 0 Å². The molecular formula is C14H15ClFNO. The first-order chi connectivity index (χ1) is 8.58. The van der Waals surface area contributed by atoms with Gasteiger partial charge < -0.3 is 5.32 Å². The van der Waals surface area contributed by atoms with Gasteiger partial charge in [-0.1, -0.05) is 24.6 Å². The molecular weight excluding hydrogens is 253 g/mol. The highest BCUT2D eigenvalue weighted by molar-refractivity contribution is 6.31. The molecule has 0 saturated carbocycles. The lowest BCUT2D eigenvalue weighted by molar-refractivity contribution is -0.121. The van der Waals surface area contributed by atoms with Gasteiger partial charge in [0.05, 0.1) is 6.42 Å². The Morgan fingerprint density at radius 1 is 1.61 bits per heavy atom. The summed E-state index contributed by atoms with van der Waals surface area (Å²) in [6.45, 7) is 1.93. The summed E-state index contributed by atoms with van der Waals surface area (Å²) < 4.78 is 13.5. The van der Waals surface area contributed by atoms with E-state index in [0.717, 1.165) is 6.42 Å². The number of nitrogens with one attached hydrogen (secondary N) is 1. The van der Waals surface area contributed by atoms with Gasteiger partial charge in [-0.25, -0.2) is 4.39 Å². The van der Waals surface area contributed by atoms with Gasteiger partial charge in [-0.3, -0.25) is 4.79 Å². The average molecular weight is 268 g/mol. The van der Waals surface area contributed by atoms with Crippen molar-refractivity contribution in [1.82, 2.24) is 5.32 Å². The predicted octanol–water partition coefficient (Wildman–Crippen LogP) is 2.94. The van der Waals surface area contributed by atoms with Crippen LogP contribution in [0.1, 0.15) is 25.3 Å². The highest BCUT2D eigenvalue weighted by atomic mass is 35.5. The summed E-state index contributed by atoms with van der Waals surface area (Å²) in [6.07, 6.45) is 6.32. The Morgan fingerprint density at radius 3 is 2.89 bits per heavy atom. The Balaban J connectivity index is 2.68. The van der Waals surface area contributed by atoms with Crippen LogP contribution in [0.25, 0.3) is 0 Å². The number of benzene rings is 1. The van der Waals surface area contributed by atoms with Crippen LogP contribution in [0.3, 0.4) is 0 Å². The van der Waals surface area contributed by atoms with Crippen LogP contribution in [0.15, 0.2) is 18.2 Å². The molecule has 0 fully saturated rings. The molecule has 4 heteroatoms. The third-order valence-corrected chi connectivity index (χ3v) is 2.98. The molecule has 0 aliphatic rings. The van der Waals surface area contributed by atoms with Gasteiger partial charge in [0.2, 0.25) is 5.91 Å². The van der Waals surface area contributed by atoms with Crippen molar-refractivity contribution >= 4 is 17.5 Å². The summed E-state index contributed by atoms with van der Waals surface area (Å²) in [7, 11) is 0. The fourth-order valence-corrected chi connectivity index (χ4v) is 1.81. The monoisotopic (exact) mass is 267 g/mol. The van der Waals surface area contributed by atoms with E-state index >= 15 is 0 Å². The third-order valence-electron chi connectivity index (χ3n) is 2.62. The van der Waals surface area contributed by atoms with Gasteiger partial charge in [-0.2, -0.15) is 0 Å². The van der Waals surface area contributed by atoms with Gasteiger partial charge >= 0.3 is 0 Å². The summed E-state index contributed by atoms with van der Waals surface area (Å²) in [6, 6.07) is 4.28. The summed E-state index contributed by atoms with van der Waals surface area (Å²) in [4.78, 5) is 11.8. The first-order valence-corrected chi connectivity index (χ1v) is 6.12. The summed E-state index contributed by atoms with van der Waals surface area (Å²) in [5.74, 6) is 1.75. The predicted molar refractivity (Wildman–Crippen MR) is 70.8 cm³/mol. The Kier molecular flexibility index (Phi) is 5.67. The van der Waals surface area contributed by atoms with Crippen molar-refractivity contribution in [3.8, 4) is 12.3 Å². The zero-order valence-electron chi connectivity index (χ0n) is 10.2. The Bertz CT molecular complexity index is 447. The van der Waals surface area contributed by atoms with Crippen LogP contribution in [0, 0.1) is 18.2 Å². The first kappa shape index (κ1) is 14.5. The van der Waals surface area contributed by atoms with Crippen molar-refractivity contribution in [1.29, 1.82) is 0 Å². The number of terminal acetylenes is 1. The molecule has 0 saturated heterocycles. The summed E-state index contributed by atoms with van der Waals surface area (Å²) in [5, 5.41) is 3.02. The van der Waals surface area contributed by atoms with Crippen molar-refractivity contribution in [2.75, 3.05) is 0 Å². The van der Waals surface area contributed by atoms with Crippen LogP contribution in [0.4, 0.5) is 4.39 Å². The van der Waals surface area contributed by atoms with Crippen LogP contribution < -0.4 is 5.32 Å². The largest absolute Gasteiger partial charge is 0.352 e. The molecule has 1 atom stereocenters. The molecule has 1 rings (SSSR count). The maximum atomic E-state index is 13.5. The molecule has 1 N–H and O–H groups in total. The highest BCUT2D eigenvalue weighted by Crippen LogP contribution is 2.19. The minimum atomic E-state index is -0.470. The average Bonchev–Trinajstić information content (AvgIpc) is 2.33. The van der Waals surface area contributed by atoms with Crippen LogP contribution in [-0.4, -0.2) is 11.9 Å². The van der Waals surface area contributed by atoms with Gasteiger partial charge in [0.15, 0.2) is 0 Å². The molecule has 0 aliphatic carbocycles. The van der Waals surface area contributed by atoms with Gasteiger partial charge in [0.1, 0.15) is 5.82 Å². The number of hydrogen-bond donors (Lipinski definition) is 1. The van der Waals surface area contributed by atoms with Gasteiger partial charge in [-0.05, 0) is 18.6 Å². The van der Waals surface area contributed by atoms with Crippen LogP contribution in [-0.2, 0) is 11.2 Å². The topological polar surface area (TPSA) is 29.1 Å². The smallest absolute Gasteiger partial charge is 0.224 e. The molecule has 0 radical (unpaired) electrons. The van der Waals surface area contributed by atoms with E-state index in [2.05, 4.69) is 11.2 Å². The second kappa shape index (κ2) is 7.03. The summed E-state index contributed by atoms with van der Waals surface area (Å²) in [5.41, 5.74) is 0.215.